The fourth-order valence-electron chi connectivity index (χ4n) is 5.16. The summed E-state index contributed by atoms with van der Waals surface area (Å²) >= 11 is 0. The number of unbranched alkanes of at least 4 members (excludes halogenated alkanes) is 18. The van der Waals surface area contributed by atoms with E-state index in [1.165, 1.54) is 64.9 Å². The molecule has 0 saturated carbocycles. The first kappa shape index (κ1) is 55.7. The van der Waals surface area contributed by atoms with Crippen LogP contribution >= 0.6 is 0 Å². The van der Waals surface area contributed by atoms with E-state index < -0.39 is 5.97 Å². The first-order valence-electron chi connectivity index (χ1n) is 20.0. The van der Waals surface area contributed by atoms with Gasteiger partial charge in [-0.2, -0.15) is 0 Å². The standard InChI is InChI=1S/C21H39NO3.C20H37NO3.Li.H2O/c1-3-4-19-22-20(23)17-15-13-11-9-7-5-6-8-10-12-14-16-18-21(24)25-2;1-2-3-18-21-19(22)16-14-12-10-8-6-4-5-7-9-11-13-15-17-20(23)24;;/h9,11H,3-8,10,12-19H2,1-2H3,(H,22,23);8,10H,2-7,9,11-18H2,1H3,(H,21,22)(H,23,24);;1H2/q;;+1;/p-1/b11-9-;10-8-;;. The summed E-state index contributed by atoms with van der Waals surface area (Å²) in [5.74, 6) is -0.406. The van der Waals surface area contributed by atoms with E-state index >= 15 is 0 Å². The van der Waals surface area contributed by atoms with Crippen molar-refractivity contribution in [3.63, 3.8) is 0 Å². The van der Waals surface area contributed by atoms with Gasteiger partial charge in [0.05, 0.1) is 7.11 Å². The molecule has 51 heavy (non-hydrogen) atoms. The Morgan fingerprint density at radius 2 is 0.824 bits per heavy atom. The van der Waals surface area contributed by atoms with Crippen molar-refractivity contribution in [2.75, 3.05) is 20.2 Å². The van der Waals surface area contributed by atoms with E-state index in [-0.39, 0.29) is 42.1 Å². The second-order valence-corrected chi connectivity index (χ2v) is 13.1. The number of methoxy groups -OCH3 is 1. The molecular formula is C41H77LiN2O7. The Kier molecular flexibility index (Phi) is 52.3. The molecule has 0 rings (SSSR count). The smallest absolute Gasteiger partial charge is 0.870 e. The summed E-state index contributed by atoms with van der Waals surface area (Å²) in [6.45, 7) is 5.88. The molecule has 294 valence electrons. The minimum atomic E-state index is -0.682. The van der Waals surface area contributed by atoms with Gasteiger partial charge < -0.3 is 26.0 Å². The summed E-state index contributed by atoms with van der Waals surface area (Å²) in [6.07, 6.45) is 37.9. The van der Waals surface area contributed by atoms with Gasteiger partial charge in [-0.15, -0.1) is 0 Å². The van der Waals surface area contributed by atoms with Crippen LogP contribution in [0.4, 0.5) is 0 Å². The molecule has 0 fully saturated rings. The number of hydrogen-bond donors (Lipinski definition) is 3. The Hall–Kier alpha value is -2.08. The van der Waals surface area contributed by atoms with Gasteiger partial charge in [0.2, 0.25) is 11.8 Å². The zero-order valence-corrected chi connectivity index (χ0v) is 33.5. The minimum Gasteiger partial charge on any atom is -0.870 e. The molecule has 0 aliphatic carbocycles. The summed E-state index contributed by atoms with van der Waals surface area (Å²) in [5.41, 5.74) is 0. The number of carbonyl (C=O) groups excluding carboxylic acids is 3. The molecule has 0 spiro atoms. The van der Waals surface area contributed by atoms with Crippen molar-refractivity contribution in [3.8, 4) is 0 Å². The fourth-order valence-corrected chi connectivity index (χ4v) is 5.16. The van der Waals surface area contributed by atoms with E-state index in [1.807, 2.05) is 0 Å². The summed E-state index contributed by atoms with van der Waals surface area (Å²) in [6, 6.07) is 0. The summed E-state index contributed by atoms with van der Waals surface area (Å²) in [4.78, 5) is 44.3. The van der Waals surface area contributed by atoms with Crippen LogP contribution in [-0.2, 0) is 23.9 Å². The number of hydrogen-bond acceptors (Lipinski definition) is 6. The number of esters is 1. The van der Waals surface area contributed by atoms with E-state index in [4.69, 9.17) is 5.11 Å². The zero-order chi connectivity index (χ0) is 36.5. The van der Waals surface area contributed by atoms with Gasteiger partial charge in [-0.1, -0.05) is 115 Å². The number of allylic oxidation sites excluding steroid dienone is 4. The number of aliphatic carboxylic acids is 1. The molecule has 10 heteroatoms. The summed E-state index contributed by atoms with van der Waals surface area (Å²) in [7, 11) is 1.45. The summed E-state index contributed by atoms with van der Waals surface area (Å²) < 4.78 is 4.62. The Labute approximate surface area is 324 Å². The average molecular weight is 717 g/mol. The third-order valence-corrected chi connectivity index (χ3v) is 8.33. The topological polar surface area (TPSA) is 152 Å². The maximum atomic E-state index is 11.5. The molecule has 4 N–H and O–H groups in total. The van der Waals surface area contributed by atoms with Crippen LogP contribution in [0.5, 0.6) is 0 Å². The Bertz CT molecular complexity index is 837. The predicted molar refractivity (Wildman–Crippen MR) is 207 cm³/mol. The van der Waals surface area contributed by atoms with Crippen LogP contribution < -0.4 is 29.5 Å². The van der Waals surface area contributed by atoms with Crippen molar-refractivity contribution in [3.05, 3.63) is 24.3 Å². The van der Waals surface area contributed by atoms with Gasteiger partial charge in [0.15, 0.2) is 0 Å². The Morgan fingerprint density at radius 1 is 0.490 bits per heavy atom. The molecule has 0 aromatic carbocycles. The average Bonchev–Trinajstić information content (AvgIpc) is 3.08. The second kappa shape index (κ2) is 47.9. The van der Waals surface area contributed by atoms with Gasteiger partial charge >= 0.3 is 30.8 Å². The van der Waals surface area contributed by atoms with Crippen LogP contribution in [0.2, 0.25) is 0 Å². The van der Waals surface area contributed by atoms with Crippen molar-refractivity contribution >= 4 is 23.8 Å². The predicted octanol–water partition coefficient (Wildman–Crippen LogP) is 7.37. The molecule has 0 aromatic heterocycles. The van der Waals surface area contributed by atoms with Gasteiger partial charge in [-0.05, 0) is 77.0 Å². The van der Waals surface area contributed by atoms with Gasteiger partial charge in [-0.25, -0.2) is 0 Å². The molecule has 0 saturated heterocycles. The molecule has 0 radical (unpaired) electrons. The van der Waals surface area contributed by atoms with Crippen LogP contribution in [-0.4, -0.2) is 54.5 Å². The first-order valence-corrected chi connectivity index (χ1v) is 20.0. The molecule has 9 nitrogen and oxygen atoms in total. The molecule has 0 bridgehead atoms. The molecule has 0 aromatic rings. The molecule has 0 aliphatic rings. The summed E-state index contributed by atoms with van der Waals surface area (Å²) in [5, 5.41) is 14.4. The van der Waals surface area contributed by atoms with E-state index in [2.05, 4.69) is 53.5 Å². The van der Waals surface area contributed by atoms with Gasteiger partial charge in [0, 0.05) is 38.8 Å². The number of carboxylic acid groups (broad SMARTS) is 1. The zero-order valence-electron chi connectivity index (χ0n) is 33.5. The van der Waals surface area contributed by atoms with Gasteiger partial charge in [0.25, 0.3) is 0 Å². The SMILES string of the molecule is CCCCNC(=O)CCC/C=C\CCCCCCCCCC(=O)O.CCCCNC(=O)CCC/C=C\CCCCCCCCCC(=O)OC.[Li+].[OH-]. The maximum absolute atomic E-state index is 11.5. The third-order valence-electron chi connectivity index (χ3n) is 8.33. The largest absolute Gasteiger partial charge is 1.00 e. The molecule has 0 heterocycles. The Morgan fingerprint density at radius 3 is 1.18 bits per heavy atom. The first-order chi connectivity index (χ1) is 23.9. The van der Waals surface area contributed by atoms with Gasteiger partial charge in [0.1, 0.15) is 0 Å². The van der Waals surface area contributed by atoms with Crippen LogP contribution in [0.1, 0.15) is 194 Å². The van der Waals surface area contributed by atoms with Gasteiger partial charge in [-0.3, -0.25) is 19.2 Å². The van der Waals surface area contributed by atoms with Crippen molar-refractivity contribution in [1.29, 1.82) is 0 Å². The monoisotopic (exact) mass is 717 g/mol. The molecular weight excluding hydrogens is 639 g/mol. The number of carboxylic acids is 1. The molecule has 0 aliphatic heterocycles. The second-order valence-electron chi connectivity index (χ2n) is 13.1. The molecule has 0 unspecified atom stereocenters. The third kappa shape index (κ3) is 52.4. The number of nitrogens with one attached hydrogen (secondary N) is 2. The number of amides is 2. The number of ether oxygens (including phenoxy) is 1. The van der Waals surface area contributed by atoms with Crippen molar-refractivity contribution in [1.82, 2.24) is 10.6 Å². The van der Waals surface area contributed by atoms with E-state index in [1.54, 1.807) is 0 Å². The minimum absolute atomic E-state index is 0. The quantitative estimate of drug-likeness (QED) is 0.0272. The van der Waals surface area contributed by atoms with Crippen LogP contribution in [0, 0.1) is 0 Å². The number of carbonyl (C=O) groups is 4. The van der Waals surface area contributed by atoms with Crippen LogP contribution in [0.3, 0.4) is 0 Å². The fraction of sp³-hybridized carbons (Fsp3) is 0.805. The number of rotatable bonds is 34. The van der Waals surface area contributed by atoms with Crippen LogP contribution in [0.25, 0.3) is 0 Å². The normalized spacial score (nSPS) is 10.6. The van der Waals surface area contributed by atoms with E-state index in [9.17, 15) is 19.2 Å². The molecule has 2 amide bonds. The van der Waals surface area contributed by atoms with Crippen LogP contribution in [0.15, 0.2) is 24.3 Å². The maximum Gasteiger partial charge on any atom is 1.00 e. The molecule has 0 atom stereocenters. The van der Waals surface area contributed by atoms with E-state index in [0.717, 1.165) is 109 Å². The van der Waals surface area contributed by atoms with Crippen molar-refractivity contribution < 1.29 is 53.4 Å². The Balaban J connectivity index is -0.000000417. The van der Waals surface area contributed by atoms with Crippen molar-refractivity contribution in [2.24, 2.45) is 0 Å². The van der Waals surface area contributed by atoms with Crippen molar-refractivity contribution in [2.45, 2.75) is 194 Å². The van der Waals surface area contributed by atoms with E-state index in [0.29, 0.717) is 25.7 Å².